The molecule has 0 aliphatic rings. The van der Waals surface area contributed by atoms with Gasteiger partial charge in [0.15, 0.2) is 0 Å². The monoisotopic (exact) mass is 285 g/mol. The number of benzene rings is 2. The second kappa shape index (κ2) is 4.85. The van der Waals surface area contributed by atoms with E-state index in [0.717, 1.165) is 12.1 Å². The minimum absolute atomic E-state index is 0.0915. The van der Waals surface area contributed by atoms with Crippen LogP contribution in [0.15, 0.2) is 47.4 Å². The average Bonchev–Trinajstić information content (AvgIpc) is 2.31. The lowest BCUT2D eigenvalue weighted by Crippen LogP contribution is -2.14. The molecule has 7 heteroatoms. The largest absolute Gasteiger partial charge is 0.506 e. The average molecular weight is 285 g/mol. The Morgan fingerprint density at radius 3 is 2.37 bits per heavy atom. The topological polar surface area (TPSA) is 66.4 Å². The Hall–Kier alpha value is -2.15. The highest BCUT2D eigenvalue weighted by Crippen LogP contribution is 2.25. The molecule has 0 saturated carbocycles. The minimum atomic E-state index is -4.23. The van der Waals surface area contributed by atoms with Gasteiger partial charge in [-0.1, -0.05) is 12.1 Å². The van der Waals surface area contributed by atoms with E-state index in [-0.39, 0.29) is 11.4 Å². The van der Waals surface area contributed by atoms with E-state index in [2.05, 4.69) is 0 Å². The molecule has 0 saturated heterocycles. The van der Waals surface area contributed by atoms with E-state index >= 15 is 0 Å². The first-order chi connectivity index (χ1) is 8.90. The van der Waals surface area contributed by atoms with Gasteiger partial charge in [-0.2, -0.15) is 0 Å². The lowest BCUT2D eigenvalue weighted by molar-refractivity contribution is 0.477. The first-order valence-electron chi connectivity index (χ1n) is 5.16. The molecule has 0 unspecified atom stereocenters. The van der Waals surface area contributed by atoms with Crippen LogP contribution in [0.1, 0.15) is 0 Å². The van der Waals surface area contributed by atoms with Crippen molar-refractivity contribution in [1.29, 1.82) is 0 Å². The van der Waals surface area contributed by atoms with Gasteiger partial charge in [0.2, 0.25) is 0 Å². The zero-order valence-corrected chi connectivity index (χ0v) is 10.3. The molecule has 0 aromatic heterocycles. The molecule has 2 rings (SSSR count). The predicted octanol–water partition coefficient (Wildman–Crippen LogP) is 2.47. The molecule has 0 amide bonds. The Morgan fingerprint density at radius 2 is 1.74 bits per heavy atom. The van der Waals surface area contributed by atoms with Gasteiger partial charge < -0.3 is 5.11 Å². The molecule has 2 aromatic rings. The normalized spacial score (nSPS) is 11.3. The maximum atomic E-state index is 13.4. The van der Waals surface area contributed by atoms with Crippen molar-refractivity contribution in [3.05, 3.63) is 54.1 Å². The van der Waals surface area contributed by atoms with Crippen molar-refractivity contribution in [2.45, 2.75) is 4.90 Å². The maximum absolute atomic E-state index is 13.4. The first-order valence-corrected chi connectivity index (χ1v) is 6.64. The van der Waals surface area contributed by atoms with Crippen LogP contribution in [-0.4, -0.2) is 13.5 Å². The second-order valence-corrected chi connectivity index (χ2v) is 5.35. The lowest BCUT2D eigenvalue weighted by Gasteiger charge is -2.10. The summed E-state index contributed by atoms with van der Waals surface area (Å²) >= 11 is 0. The van der Waals surface area contributed by atoms with Gasteiger partial charge in [0.05, 0.1) is 5.69 Å². The van der Waals surface area contributed by atoms with Gasteiger partial charge in [-0.25, -0.2) is 17.2 Å². The molecule has 0 radical (unpaired) electrons. The molecule has 2 N–H and O–H groups in total. The summed E-state index contributed by atoms with van der Waals surface area (Å²) in [6.45, 7) is 0. The van der Waals surface area contributed by atoms with Gasteiger partial charge in [-0.05, 0) is 24.3 Å². The molecule has 0 heterocycles. The van der Waals surface area contributed by atoms with E-state index in [1.54, 1.807) is 0 Å². The highest BCUT2D eigenvalue weighted by atomic mass is 32.2. The van der Waals surface area contributed by atoms with Crippen molar-refractivity contribution >= 4 is 15.7 Å². The Bertz CT molecular complexity index is 717. The molecule has 2 aromatic carbocycles. The van der Waals surface area contributed by atoms with Crippen molar-refractivity contribution in [3.63, 3.8) is 0 Å². The Labute approximate surface area is 108 Å². The van der Waals surface area contributed by atoms with Gasteiger partial charge in [0.1, 0.15) is 22.3 Å². The van der Waals surface area contributed by atoms with Crippen molar-refractivity contribution in [2.75, 3.05) is 4.72 Å². The fourth-order valence-electron chi connectivity index (χ4n) is 1.45. The van der Waals surface area contributed by atoms with E-state index in [4.69, 9.17) is 0 Å². The second-order valence-electron chi connectivity index (χ2n) is 3.70. The number of phenolic OH excluding ortho intramolecular Hbond substituents is 1. The maximum Gasteiger partial charge on any atom is 0.264 e. The van der Waals surface area contributed by atoms with Crippen molar-refractivity contribution in [1.82, 2.24) is 0 Å². The quantitative estimate of drug-likeness (QED) is 0.851. The van der Waals surface area contributed by atoms with Crippen LogP contribution >= 0.6 is 0 Å². The Kier molecular flexibility index (Phi) is 3.39. The summed E-state index contributed by atoms with van der Waals surface area (Å²) in [4.78, 5) is -0.697. The van der Waals surface area contributed by atoms with E-state index in [1.165, 1.54) is 24.3 Å². The first kappa shape index (κ1) is 13.3. The Balaban J connectivity index is 2.41. The summed E-state index contributed by atoms with van der Waals surface area (Å²) < 4.78 is 52.0. The highest BCUT2D eigenvalue weighted by molar-refractivity contribution is 7.92. The van der Waals surface area contributed by atoms with Crippen molar-refractivity contribution < 1.29 is 22.3 Å². The van der Waals surface area contributed by atoms with Gasteiger partial charge >= 0.3 is 0 Å². The lowest BCUT2D eigenvalue weighted by atomic mass is 10.3. The number of hydrogen-bond donors (Lipinski definition) is 2. The van der Waals surface area contributed by atoms with Crippen LogP contribution < -0.4 is 4.72 Å². The van der Waals surface area contributed by atoms with Gasteiger partial charge in [0.25, 0.3) is 10.0 Å². The molecule has 0 atom stereocenters. The number of hydrogen-bond acceptors (Lipinski definition) is 3. The third-order valence-electron chi connectivity index (χ3n) is 2.33. The van der Waals surface area contributed by atoms with Crippen LogP contribution in [0.5, 0.6) is 5.75 Å². The predicted molar refractivity (Wildman–Crippen MR) is 65.3 cm³/mol. The molecule has 0 fully saturated rings. The molecule has 0 spiro atoms. The van der Waals surface area contributed by atoms with Crippen LogP contribution in [0, 0.1) is 11.6 Å². The number of halogens is 2. The van der Waals surface area contributed by atoms with E-state index in [1.807, 2.05) is 4.72 Å². The number of rotatable bonds is 3. The summed E-state index contributed by atoms with van der Waals surface area (Å²) in [5.74, 6) is -2.38. The molecular formula is C12H9F2NO3S. The molecule has 0 aliphatic heterocycles. The van der Waals surface area contributed by atoms with Crippen molar-refractivity contribution in [2.24, 2.45) is 0 Å². The van der Waals surface area contributed by atoms with Gasteiger partial charge in [0, 0.05) is 6.07 Å². The zero-order chi connectivity index (χ0) is 14.0. The number of aromatic hydroxyl groups is 1. The van der Waals surface area contributed by atoms with E-state index in [0.29, 0.717) is 6.07 Å². The van der Waals surface area contributed by atoms with Gasteiger partial charge in [-0.15, -0.1) is 0 Å². The SMILES string of the molecule is O=S(=O)(Nc1ccccc1O)c1ccc(F)cc1F. The number of sulfonamides is 1. The fourth-order valence-corrected chi connectivity index (χ4v) is 2.59. The van der Waals surface area contributed by atoms with Crippen LogP contribution in [0.4, 0.5) is 14.5 Å². The van der Waals surface area contributed by atoms with E-state index in [9.17, 15) is 22.3 Å². The molecule has 19 heavy (non-hydrogen) atoms. The van der Waals surface area contributed by atoms with Crippen molar-refractivity contribution in [3.8, 4) is 5.75 Å². The third kappa shape index (κ3) is 2.82. The van der Waals surface area contributed by atoms with Crippen LogP contribution in [0.2, 0.25) is 0 Å². The summed E-state index contributed by atoms with van der Waals surface area (Å²) in [6.07, 6.45) is 0. The van der Waals surface area contributed by atoms with Gasteiger partial charge in [-0.3, -0.25) is 4.72 Å². The summed E-state index contributed by atoms with van der Waals surface area (Å²) in [6, 6.07) is 7.71. The van der Waals surface area contributed by atoms with E-state index < -0.39 is 26.6 Å². The number of nitrogens with one attached hydrogen (secondary N) is 1. The number of para-hydroxylation sites is 2. The standard InChI is InChI=1S/C12H9F2NO3S/c13-8-5-6-12(9(14)7-8)19(17,18)15-10-3-1-2-4-11(10)16/h1-7,15-16H. The van der Waals surface area contributed by atoms with Crippen LogP contribution in [-0.2, 0) is 10.0 Å². The molecule has 100 valence electrons. The molecule has 4 nitrogen and oxygen atoms in total. The van der Waals surface area contributed by atoms with Crippen LogP contribution in [0.25, 0.3) is 0 Å². The summed E-state index contributed by atoms with van der Waals surface area (Å²) in [5, 5.41) is 9.45. The molecular weight excluding hydrogens is 276 g/mol. The molecule has 0 bridgehead atoms. The van der Waals surface area contributed by atoms with Crippen LogP contribution in [0.3, 0.4) is 0 Å². The summed E-state index contributed by atoms with van der Waals surface area (Å²) in [5.41, 5.74) is -0.0915. The third-order valence-corrected chi connectivity index (χ3v) is 3.73. The zero-order valence-electron chi connectivity index (χ0n) is 9.47. The highest BCUT2D eigenvalue weighted by Gasteiger charge is 2.20. The number of phenols is 1. The fraction of sp³-hybridized carbons (Fsp3) is 0. The smallest absolute Gasteiger partial charge is 0.264 e. The Morgan fingerprint density at radius 1 is 1.05 bits per heavy atom. The molecule has 0 aliphatic carbocycles. The number of anilines is 1. The minimum Gasteiger partial charge on any atom is -0.506 e. The summed E-state index contributed by atoms with van der Waals surface area (Å²) in [7, 11) is -4.23.